The number of imidazole rings is 1. The van der Waals surface area contributed by atoms with Crippen molar-refractivity contribution >= 4 is 23.2 Å². The predicted octanol–water partition coefficient (Wildman–Crippen LogP) is 5.69. The smallest absolute Gasteiger partial charge is 0.332 e. The molecule has 1 saturated heterocycles. The molecule has 2 heterocycles. The van der Waals surface area contributed by atoms with E-state index in [-0.39, 0.29) is 12.0 Å². The van der Waals surface area contributed by atoms with Crippen molar-refractivity contribution in [1.29, 1.82) is 5.26 Å². The van der Waals surface area contributed by atoms with Gasteiger partial charge in [0.15, 0.2) is 0 Å². The molecule has 170 valence electrons. The fraction of sp³-hybridized carbons (Fsp3) is 0.261. The van der Waals surface area contributed by atoms with Crippen LogP contribution in [0.2, 0.25) is 5.02 Å². The Hall–Kier alpha value is -3.51. The number of nitriles is 1. The van der Waals surface area contributed by atoms with Gasteiger partial charge in [0.25, 0.3) is 0 Å². The lowest BCUT2D eigenvalue weighted by atomic mass is 10.2. The van der Waals surface area contributed by atoms with Gasteiger partial charge in [0.05, 0.1) is 11.6 Å². The molecule has 1 fully saturated rings. The zero-order valence-corrected chi connectivity index (χ0v) is 18.2. The van der Waals surface area contributed by atoms with Gasteiger partial charge in [-0.05, 0) is 54.8 Å². The van der Waals surface area contributed by atoms with E-state index in [1.807, 2.05) is 39.9 Å². The van der Waals surface area contributed by atoms with Crippen LogP contribution >= 0.6 is 11.6 Å². The summed E-state index contributed by atoms with van der Waals surface area (Å²) in [5.41, 5.74) is 0.735. The van der Waals surface area contributed by atoms with E-state index in [1.165, 1.54) is 12.1 Å². The van der Waals surface area contributed by atoms with E-state index >= 15 is 0 Å². The maximum absolute atomic E-state index is 12.9. The maximum Gasteiger partial charge on any atom is 0.416 e. The largest absolute Gasteiger partial charge is 0.416 e. The van der Waals surface area contributed by atoms with Gasteiger partial charge in [-0.2, -0.15) is 18.4 Å². The van der Waals surface area contributed by atoms with Gasteiger partial charge in [0, 0.05) is 36.2 Å². The fourth-order valence-corrected chi connectivity index (χ4v) is 4.04. The van der Waals surface area contributed by atoms with Gasteiger partial charge in [-0.15, -0.1) is 4.99 Å². The highest BCUT2D eigenvalue weighted by molar-refractivity contribution is 6.30. The number of benzene rings is 2. The Kier molecular flexibility index (Phi) is 6.56. The molecular formula is C23H20ClF3N6. The van der Waals surface area contributed by atoms with Crippen molar-refractivity contribution in [2.24, 2.45) is 4.99 Å². The molecule has 0 aliphatic carbocycles. The summed E-state index contributed by atoms with van der Waals surface area (Å²) in [5.74, 6) is 1.10. The number of alkyl halides is 3. The number of hydrogen-bond donors (Lipinski definition) is 1. The zero-order valence-electron chi connectivity index (χ0n) is 17.4. The van der Waals surface area contributed by atoms with Crippen LogP contribution in [0, 0.1) is 11.5 Å². The number of hydrogen-bond acceptors (Lipinski definition) is 3. The van der Waals surface area contributed by atoms with Crippen LogP contribution in [-0.2, 0) is 12.7 Å². The summed E-state index contributed by atoms with van der Waals surface area (Å²) in [7, 11) is 0. The van der Waals surface area contributed by atoms with Crippen molar-refractivity contribution in [3.63, 3.8) is 0 Å². The van der Waals surface area contributed by atoms with E-state index in [4.69, 9.17) is 11.6 Å². The molecule has 1 unspecified atom stereocenters. The number of anilines is 1. The molecule has 0 bridgehead atoms. The molecule has 3 aromatic rings. The third kappa shape index (κ3) is 5.29. The minimum Gasteiger partial charge on any atom is -0.332 e. The van der Waals surface area contributed by atoms with Crippen LogP contribution in [0.25, 0.3) is 0 Å². The molecule has 6 nitrogen and oxygen atoms in total. The highest BCUT2D eigenvalue weighted by atomic mass is 35.5. The van der Waals surface area contributed by atoms with Crippen molar-refractivity contribution in [3.8, 4) is 6.19 Å². The highest BCUT2D eigenvalue weighted by Gasteiger charge is 2.33. The van der Waals surface area contributed by atoms with Crippen LogP contribution < -0.4 is 5.32 Å². The summed E-state index contributed by atoms with van der Waals surface area (Å²) in [4.78, 5) is 10.4. The number of aromatic nitrogens is 2. The molecule has 0 spiro atoms. The lowest BCUT2D eigenvalue weighted by Crippen LogP contribution is -2.37. The molecule has 1 aliphatic rings. The monoisotopic (exact) mass is 472 g/mol. The number of aliphatic imine (C=N–C) groups is 1. The highest BCUT2D eigenvalue weighted by Crippen LogP contribution is 2.33. The average molecular weight is 473 g/mol. The van der Waals surface area contributed by atoms with E-state index in [9.17, 15) is 18.4 Å². The molecule has 0 radical (unpaired) electrons. The van der Waals surface area contributed by atoms with Crippen LogP contribution in [0.5, 0.6) is 0 Å². The maximum atomic E-state index is 12.9. The SMILES string of the molecule is N#C/N=C(\Nc1ccc(C(F)(F)F)cc1)N1CCCC1c1nccn1Cc1ccc(Cl)cc1. The topological polar surface area (TPSA) is 69.2 Å². The predicted molar refractivity (Wildman–Crippen MR) is 120 cm³/mol. The third-order valence-electron chi connectivity index (χ3n) is 5.46. The van der Waals surface area contributed by atoms with Crippen molar-refractivity contribution < 1.29 is 13.2 Å². The second-order valence-corrected chi connectivity index (χ2v) is 8.06. The van der Waals surface area contributed by atoms with Crippen LogP contribution in [-0.4, -0.2) is 27.0 Å². The fourth-order valence-electron chi connectivity index (χ4n) is 3.91. The van der Waals surface area contributed by atoms with Crippen molar-refractivity contribution in [2.45, 2.75) is 31.6 Å². The second-order valence-electron chi connectivity index (χ2n) is 7.63. The zero-order chi connectivity index (χ0) is 23.4. The van der Waals surface area contributed by atoms with E-state index in [2.05, 4.69) is 15.3 Å². The Morgan fingerprint density at radius 3 is 2.58 bits per heavy atom. The third-order valence-corrected chi connectivity index (χ3v) is 5.71. The summed E-state index contributed by atoms with van der Waals surface area (Å²) < 4.78 is 40.6. The van der Waals surface area contributed by atoms with Gasteiger partial charge in [-0.25, -0.2) is 4.98 Å². The summed E-state index contributed by atoms with van der Waals surface area (Å²) in [5, 5.41) is 12.9. The summed E-state index contributed by atoms with van der Waals surface area (Å²) in [6.07, 6.45) is 2.66. The molecule has 1 aliphatic heterocycles. The Labute approximate surface area is 193 Å². The number of likely N-dealkylation sites (tertiary alicyclic amines) is 1. The van der Waals surface area contributed by atoms with Gasteiger partial charge in [0.1, 0.15) is 5.82 Å². The van der Waals surface area contributed by atoms with E-state index in [0.717, 1.165) is 36.4 Å². The average Bonchev–Trinajstić information content (AvgIpc) is 3.44. The van der Waals surface area contributed by atoms with E-state index in [1.54, 1.807) is 12.4 Å². The van der Waals surface area contributed by atoms with Gasteiger partial charge >= 0.3 is 6.18 Å². The molecule has 10 heteroatoms. The first-order valence-corrected chi connectivity index (χ1v) is 10.7. The number of guanidine groups is 1. The molecule has 4 rings (SSSR count). The number of nitrogens with zero attached hydrogens (tertiary/aromatic N) is 5. The summed E-state index contributed by atoms with van der Waals surface area (Å²) >= 11 is 5.98. The van der Waals surface area contributed by atoms with Crippen LogP contribution in [0.4, 0.5) is 18.9 Å². The Morgan fingerprint density at radius 1 is 1.18 bits per heavy atom. The Balaban J connectivity index is 1.55. The summed E-state index contributed by atoms with van der Waals surface area (Å²) in [6, 6.07) is 12.1. The minimum absolute atomic E-state index is 0.138. The van der Waals surface area contributed by atoms with Crippen LogP contribution in [0.15, 0.2) is 65.9 Å². The first-order chi connectivity index (χ1) is 15.8. The minimum atomic E-state index is -4.41. The lowest BCUT2D eigenvalue weighted by molar-refractivity contribution is -0.137. The quantitative estimate of drug-likeness (QED) is 0.301. The Bertz CT molecular complexity index is 1160. The second kappa shape index (κ2) is 9.55. The molecule has 0 amide bonds. The number of halogens is 4. The molecule has 33 heavy (non-hydrogen) atoms. The Morgan fingerprint density at radius 2 is 1.91 bits per heavy atom. The number of nitrogens with one attached hydrogen (secondary N) is 1. The normalized spacial score (nSPS) is 16.6. The molecule has 1 atom stereocenters. The van der Waals surface area contributed by atoms with Gasteiger partial charge in [0.2, 0.25) is 12.2 Å². The first kappa shape index (κ1) is 22.7. The standard InChI is InChI=1S/C23H20ClF3N6/c24-18-7-3-16(4-8-18)14-32-13-11-29-21(32)20-2-1-12-33(20)22(30-15-28)31-19-9-5-17(6-10-19)23(25,26)27/h3-11,13,20H,1-2,12,14H2,(H,30,31). The van der Waals surface area contributed by atoms with Crippen LogP contribution in [0.3, 0.4) is 0 Å². The van der Waals surface area contributed by atoms with Gasteiger partial charge in [-0.3, -0.25) is 0 Å². The van der Waals surface area contributed by atoms with E-state index in [0.29, 0.717) is 23.8 Å². The molecule has 0 saturated carbocycles. The lowest BCUT2D eigenvalue weighted by Gasteiger charge is -2.28. The van der Waals surface area contributed by atoms with Crippen LogP contribution in [0.1, 0.15) is 35.8 Å². The molecule has 2 aromatic carbocycles. The summed E-state index contributed by atoms with van der Waals surface area (Å²) in [6.45, 7) is 1.24. The molecule has 1 aromatic heterocycles. The van der Waals surface area contributed by atoms with Gasteiger partial charge in [-0.1, -0.05) is 23.7 Å². The van der Waals surface area contributed by atoms with Crippen molar-refractivity contribution in [1.82, 2.24) is 14.5 Å². The molecular weight excluding hydrogens is 453 g/mol. The van der Waals surface area contributed by atoms with Gasteiger partial charge < -0.3 is 14.8 Å². The number of rotatable bonds is 4. The molecule has 1 N–H and O–H groups in total. The van der Waals surface area contributed by atoms with Crippen molar-refractivity contribution in [2.75, 3.05) is 11.9 Å². The van der Waals surface area contributed by atoms with Crippen molar-refractivity contribution in [3.05, 3.63) is 82.9 Å². The first-order valence-electron chi connectivity index (χ1n) is 10.3. The van der Waals surface area contributed by atoms with E-state index < -0.39 is 11.7 Å².